The zero-order valence-electron chi connectivity index (χ0n) is 11.1. The summed E-state index contributed by atoms with van der Waals surface area (Å²) >= 11 is 0. The Hall–Kier alpha value is -0.830. The number of hydrogen-bond donors (Lipinski definition) is 2. The van der Waals surface area contributed by atoms with Gasteiger partial charge in [0.05, 0.1) is 0 Å². The molecular weight excluding hydrogens is 226 g/mol. The van der Waals surface area contributed by atoms with Crippen molar-refractivity contribution in [1.82, 2.24) is 5.32 Å². The first kappa shape index (κ1) is 12.2. The Labute approximate surface area is 109 Å². The first-order valence-electron chi connectivity index (χ1n) is 7.28. The van der Waals surface area contributed by atoms with Gasteiger partial charge < -0.3 is 10.4 Å². The van der Waals surface area contributed by atoms with Crippen LogP contribution in [-0.2, 0) is 4.79 Å². The van der Waals surface area contributed by atoms with Gasteiger partial charge in [0, 0.05) is 24.6 Å². The van der Waals surface area contributed by atoms with Crippen LogP contribution in [0.25, 0.3) is 0 Å². The van der Waals surface area contributed by atoms with Crippen molar-refractivity contribution in [1.29, 1.82) is 0 Å². The number of nitrogens with one attached hydrogen (secondary N) is 1. The Balaban J connectivity index is 1.61. The van der Waals surface area contributed by atoms with Gasteiger partial charge in [-0.25, -0.2) is 0 Å². The average Bonchev–Trinajstić information content (AvgIpc) is 3.02. The fourth-order valence-electron chi connectivity index (χ4n) is 3.97. The molecule has 2 bridgehead atoms. The molecule has 0 saturated heterocycles. The lowest BCUT2D eigenvalue weighted by molar-refractivity contribution is -0.118. The van der Waals surface area contributed by atoms with E-state index in [9.17, 15) is 9.90 Å². The molecule has 3 heteroatoms. The van der Waals surface area contributed by atoms with Crippen molar-refractivity contribution in [3.05, 3.63) is 11.6 Å². The van der Waals surface area contributed by atoms with Gasteiger partial charge in [0.2, 0.25) is 5.91 Å². The minimum atomic E-state index is 0.0513. The zero-order valence-corrected chi connectivity index (χ0v) is 11.1. The van der Waals surface area contributed by atoms with E-state index >= 15 is 0 Å². The van der Waals surface area contributed by atoms with Crippen LogP contribution in [0.2, 0.25) is 0 Å². The van der Waals surface area contributed by atoms with Gasteiger partial charge in [0.1, 0.15) is 0 Å². The van der Waals surface area contributed by atoms with E-state index < -0.39 is 0 Å². The van der Waals surface area contributed by atoms with E-state index in [0.29, 0.717) is 23.7 Å². The second kappa shape index (κ2) is 4.69. The van der Waals surface area contributed by atoms with E-state index in [4.69, 9.17) is 0 Å². The standard InChI is InChI=1S/C15H23NO2/c1-9(10-2-3-10)6-14(18)16-15-12-5-4-11(7-12)13(15)8-17/h6,10-13,15,17H,2-5,7-8H2,1H3,(H,16,18). The lowest BCUT2D eigenvalue weighted by Gasteiger charge is -2.30. The van der Waals surface area contributed by atoms with Crippen LogP contribution in [0.3, 0.4) is 0 Å². The molecule has 0 heterocycles. The summed E-state index contributed by atoms with van der Waals surface area (Å²) in [6.07, 6.45) is 7.90. The number of carbonyl (C=O) groups excluding carboxylic acids is 1. The van der Waals surface area contributed by atoms with E-state index in [1.165, 1.54) is 37.7 Å². The largest absolute Gasteiger partial charge is 0.396 e. The Bertz CT molecular complexity index is 373. The van der Waals surface area contributed by atoms with Crippen molar-refractivity contribution >= 4 is 5.91 Å². The predicted molar refractivity (Wildman–Crippen MR) is 69.8 cm³/mol. The van der Waals surface area contributed by atoms with Crippen molar-refractivity contribution in [2.75, 3.05) is 6.61 Å². The molecule has 3 aliphatic carbocycles. The quantitative estimate of drug-likeness (QED) is 0.747. The molecule has 0 radical (unpaired) electrons. The lowest BCUT2D eigenvalue weighted by atomic mass is 9.85. The lowest BCUT2D eigenvalue weighted by Crippen LogP contribution is -2.44. The average molecular weight is 249 g/mol. The molecular formula is C15H23NO2. The Morgan fingerprint density at radius 2 is 2.00 bits per heavy atom. The second-order valence-corrected chi connectivity index (χ2v) is 6.38. The fourth-order valence-corrected chi connectivity index (χ4v) is 3.97. The third-order valence-corrected chi connectivity index (χ3v) is 5.19. The van der Waals surface area contributed by atoms with Crippen molar-refractivity contribution in [3.63, 3.8) is 0 Å². The van der Waals surface area contributed by atoms with Crippen LogP contribution >= 0.6 is 0 Å². The normalized spacial score (nSPS) is 39.1. The van der Waals surface area contributed by atoms with Crippen LogP contribution in [0, 0.1) is 23.7 Å². The summed E-state index contributed by atoms with van der Waals surface area (Å²) in [7, 11) is 0. The van der Waals surface area contributed by atoms with Crippen LogP contribution in [0.15, 0.2) is 11.6 Å². The minimum absolute atomic E-state index is 0.0513. The molecule has 18 heavy (non-hydrogen) atoms. The maximum absolute atomic E-state index is 12.0. The van der Waals surface area contributed by atoms with Gasteiger partial charge in [0.15, 0.2) is 0 Å². The molecule has 4 unspecified atom stereocenters. The third kappa shape index (κ3) is 2.20. The number of rotatable bonds is 4. The van der Waals surface area contributed by atoms with Crippen molar-refractivity contribution in [2.45, 2.75) is 45.1 Å². The summed E-state index contributed by atoms with van der Waals surface area (Å²) in [6.45, 7) is 2.28. The maximum atomic E-state index is 12.0. The number of allylic oxidation sites excluding steroid dienone is 1. The van der Waals surface area contributed by atoms with Gasteiger partial charge in [-0.15, -0.1) is 0 Å². The molecule has 3 fully saturated rings. The third-order valence-electron chi connectivity index (χ3n) is 5.19. The molecule has 0 aromatic heterocycles. The molecule has 3 saturated carbocycles. The fraction of sp³-hybridized carbons (Fsp3) is 0.800. The highest BCUT2D eigenvalue weighted by atomic mass is 16.3. The number of fused-ring (bicyclic) bond motifs is 2. The van der Waals surface area contributed by atoms with Crippen LogP contribution < -0.4 is 5.32 Å². The summed E-state index contributed by atoms with van der Waals surface area (Å²) in [5, 5.41) is 12.6. The van der Waals surface area contributed by atoms with Gasteiger partial charge in [-0.2, -0.15) is 0 Å². The first-order valence-corrected chi connectivity index (χ1v) is 7.28. The number of carbonyl (C=O) groups is 1. The van der Waals surface area contributed by atoms with Crippen LogP contribution in [0.5, 0.6) is 0 Å². The molecule has 1 amide bonds. The molecule has 100 valence electrons. The molecule has 0 aromatic carbocycles. The highest BCUT2D eigenvalue weighted by molar-refractivity contribution is 5.88. The number of aliphatic hydroxyl groups is 1. The summed E-state index contributed by atoms with van der Waals surface area (Å²) in [5.41, 5.74) is 1.22. The van der Waals surface area contributed by atoms with Crippen LogP contribution in [0.4, 0.5) is 0 Å². The zero-order chi connectivity index (χ0) is 12.7. The van der Waals surface area contributed by atoms with E-state index in [1.54, 1.807) is 6.08 Å². The van der Waals surface area contributed by atoms with E-state index in [0.717, 1.165) is 0 Å². The van der Waals surface area contributed by atoms with Crippen molar-refractivity contribution in [2.24, 2.45) is 23.7 Å². The summed E-state index contributed by atoms with van der Waals surface area (Å²) in [4.78, 5) is 12.0. The number of hydrogen-bond acceptors (Lipinski definition) is 2. The highest BCUT2D eigenvalue weighted by Crippen LogP contribution is 2.48. The molecule has 4 atom stereocenters. The number of amides is 1. The smallest absolute Gasteiger partial charge is 0.244 e. The summed E-state index contributed by atoms with van der Waals surface area (Å²) in [6, 6.07) is 0.213. The van der Waals surface area contributed by atoms with E-state index in [1.807, 2.05) is 0 Å². The molecule has 3 nitrogen and oxygen atoms in total. The van der Waals surface area contributed by atoms with Gasteiger partial charge in [-0.05, 0) is 56.8 Å². The molecule has 0 aromatic rings. The minimum Gasteiger partial charge on any atom is -0.396 e. The van der Waals surface area contributed by atoms with Crippen molar-refractivity contribution in [3.8, 4) is 0 Å². The van der Waals surface area contributed by atoms with Gasteiger partial charge in [-0.3, -0.25) is 4.79 Å². The van der Waals surface area contributed by atoms with Gasteiger partial charge >= 0.3 is 0 Å². The number of aliphatic hydroxyl groups excluding tert-OH is 1. The summed E-state index contributed by atoms with van der Waals surface area (Å²) in [5.74, 6) is 2.24. The molecule has 0 aliphatic heterocycles. The molecule has 3 rings (SSSR count). The molecule has 0 spiro atoms. The Morgan fingerprint density at radius 1 is 1.28 bits per heavy atom. The van der Waals surface area contributed by atoms with Crippen LogP contribution in [-0.4, -0.2) is 23.7 Å². The van der Waals surface area contributed by atoms with Gasteiger partial charge in [0.25, 0.3) is 0 Å². The SMILES string of the molecule is CC(=CC(=O)NC1C2CCC(C2)C1CO)C1CC1. The summed E-state index contributed by atoms with van der Waals surface area (Å²) < 4.78 is 0. The van der Waals surface area contributed by atoms with Crippen LogP contribution in [0.1, 0.15) is 39.0 Å². The maximum Gasteiger partial charge on any atom is 0.244 e. The molecule has 3 aliphatic rings. The topological polar surface area (TPSA) is 49.3 Å². The van der Waals surface area contributed by atoms with Crippen molar-refractivity contribution < 1.29 is 9.90 Å². The second-order valence-electron chi connectivity index (χ2n) is 6.38. The van der Waals surface area contributed by atoms with E-state index in [-0.39, 0.29) is 18.6 Å². The first-order chi connectivity index (χ1) is 8.69. The molecule has 2 N–H and O–H groups in total. The monoisotopic (exact) mass is 249 g/mol. The van der Waals surface area contributed by atoms with E-state index in [2.05, 4.69) is 12.2 Å². The van der Waals surface area contributed by atoms with Gasteiger partial charge in [-0.1, -0.05) is 5.57 Å². The highest BCUT2D eigenvalue weighted by Gasteiger charge is 2.47. The Morgan fingerprint density at radius 3 is 2.67 bits per heavy atom. The predicted octanol–water partition coefficient (Wildman–Crippen LogP) is 1.87. The Kier molecular flexibility index (Phi) is 3.18.